The Morgan fingerprint density at radius 2 is 1.46 bits per heavy atom. The third kappa shape index (κ3) is 2.94. The summed E-state index contributed by atoms with van der Waals surface area (Å²) in [5.41, 5.74) is 8.14. The molecule has 3 heteroatoms. The van der Waals surface area contributed by atoms with Crippen LogP contribution in [0.15, 0.2) is 103 Å². The van der Waals surface area contributed by atoms with Gasteiger partial charge >= 0.3 is 0 Å². The monoisotopic (exact) mass is 469 g/mol. The fourth-order valence-corrected chi connectivity index (χ4v) is 7.52. The van der Waals surface area contributed by atoms with Gasteiger partial charge in [-0.2, -0.15) is 0 Å². The topological polar surface area (TPSA) is 36.0 Å². The molecule has 1 aliphatic rings. The van der Waals surface area contributed by atoms with Crippen molar-refractivity contribution in [1.82, 2.24) is 4.98 Å². The number of hydrogen-bond donors (Lipinski definition) is 0. The Kier molecular flexibility index (Phi) is 4.42. The number of nitrogens with zero attached hydrogens (tertiary/aromatic N) is 1. The first-order valence-electron chi connectivity index (χ1n) is 12.1. The van der Waals surface area contributed by atoms with Crippen molar-refractivity contribution in [3.63, 3.8) is 0 Å². The van der Waals surface area contributed by atoms with Gasteiger partial charge in [0.2, 0.25) is 0 Å². The lowest BCUT2D eigenvalue weighted by Gasteiger charge is -2.40. The van der Waals surface area contributed by atoms with Gasteiger partial charge in [-0.05, 0) is 62.9 Å². The van der Waals surface area contributed by atoms with E-state index >= 15 is 0 Å². The first kappa shape index (κ1) is 20.8. The van der Waals surface area contributed by atoms with Crippen molar-refractivity contribution >= 4 is 39.8 Å². The van der Waals surface area contributed by atoms with Crippen LogP contribution in [-0.4, -0.2) is 4.98 Å². The highest BCUT2D eigenvalue weighted by Gasteiger charge is 2.39. The summed E-state index contributed by atoms with van der Waals surface area (Å²) in [5.74, 6) is 0.0920. The second-order valence-electron chi connectivity index (χ2n) is 10.0. The van der Waals surface area contributed by atoms with Crippen molar-refractivity contribution in [2.24, 2.45) is 0 Å². The van der Waals surface area contributed by atoms with E-state index in [0.29, 0.717) is 0 Å². The largest absolute Gasteiger partial charge is 0.625 e. The first-order valence-corrected chi connectivity index (χ1v) is 13.3. The molecule has 0 fully saturated rings. The molecule has 0 radical (unpaired) electrons. The van der Waals surface area contributed by atoms with E-state index in [4.69, 9.17) is 4.98 Å². The summed E-state index contributed by atoms with van der Waals surface area (Å²) in [6.45, 7) is 4.69. The van der Waals surface area contributed by atoms with Crippen LogP contribution in [0.25, 0.3) is 32.0 Å². The quantitative estimate of drug-likeness (QED) is 0.231. The van der Waals surface area contributed by atoms with Crippen molar-refractivity contribution in [2.75, 3.05) is 0 Å². The van der Waals surface area contributed by atoms with Gasteiger partial charge in [0.05, 0.1) is 0 Å². The number of hydrogen-bond acceptors (Lipinski definition) is 2. The number of aromatic nitrogens is 1. The molecule has 2 atom stereocenters. The lowest BCUT2D eigenvalue weighted by atomic mass is 9.63. The summed E-state index contributed by atoms with van der Waals surface area (Å²) in [4.78, 5) is 18.2. The Morgan fingerprint density at radius 3 is 2.37 bits per heavy atom. The molecule has 1 heterocycles. The minimum atomic E-state index is -1.64. The highest BCUT2D eigenvalue weighted by molar-refractivity contribution is 7.53. The van der Waals surface area contributed by atoms with Crippen LogP contribution in [0, 0.1) is 0 Å². The Bertz CT molecular complexity index is 1800. The number of benzene rings is 5. The molecule has 5 aromatic carbocycles. The van der Waals surface area contributed by atoms with Crippen LogP contribution in [0.5, 0.6) is 0 Å². The summed E-state index contributed by atoms with van der Waals surface area (Å²) >= 11 is 0. The molecule has 7 rings (SSSR count). The Morgan fingerprint density at radius 1 is 0.714 bits per heavy atom. The molecule has 0 bridgehead atoms. The fourth-order valence-electron chi connectivity index (χ4n) is 6.18. The number of rotatable bonds is 1. The molecule has 0 N–H and O–H groups in total. The first-order chi connectivity index (χ1) is 17.0. The van der Waals surface area contributed by atoms with Gasteiger partial charge in [-0.1, -0.05) is 92.7 Å². The maximum Gasteiger partial charge on any atom is 0.171 e. The molecule has 2 nitrogen and oxygen atoms in total. The Balaban J connectivity index is 1.55. The molecular weight excluding hydrogens is 445 g/mol. The lowest BCUT2D eigenvalue weighted by molar-refractivity contribution is -0.148. The molecule has 0 saturated carbocycles. The van der Waals surface area contributed by atoms with Gasteiger partial charge in [-0.25, -0.2) is 4.98 Å². The van der Waals surface area contributed by atoms with E-state index in [9.17, 15) is 4.89 Å². The zero-order chi connectivity index (χ0) is 23.7. The van der Waals surface area contributed by atoms with Crippen LogP contribution in [0.4, 0.5) is 0 Å². The lowest BCUT2D eigenvalue weighted by Crippen LogP contribution is -2.30. The van der Waals surface area contributed by atoms with E-state index in [-0.39, 0.29) is 11.3 Å². The van der Waals surface area contributed by atoms with E-state index in [2.05, 4.69) is 86.6 Å². The third-order valence-corrected chi connectivity index (χ3v) is 9.37. The summed E-state index contributed by atoms with van der Waals surface area (Å²) in [6.07, 6.45) is 0. The molecular formula is C32H24NOP. The second kappa shape index (κ2) is 7.46. The van der Waals surface area contributed by atoms with Crippen molar-refractivity contribution in [3.8, 4) is 0 Å². The predicted octanol–water partition coefficient (Wildman–Crippen LogP) is 7.75. The van der Waals surface area contributed by atoms with Crippen LogP contribution in [0.2, 0.25) is 0 Å². The highest BCUT2D eigenvalue weighted by Crippen LogP contribution is 2.51. The van der Waals surface area contributed by atoms with Crippen molar-refractivity contribution in [2.45, 2.75) is 25.2 Å². The summed E-state index contributed by atoms with van der Waals surface area (Å²) in [6, 6.07) is 36.2. The third-order valence-electron chi connectivity index (χ3n) is 7.74. The van der Waals surface area contributed by atoms with Crippen LogP contribution in [0.3, 0.4) is 0 Å². The summed E-state index contributed by atoms with van der Waals surface area (Å²) in [7, 11) is -1.64. The van der Waals surface area contributed by atoms with Crippen LogP contribution < -0.4 is 4.89 Å². The van der Waals surface area contributed by atoms with Crippen molar-refractivity contribution < 1.29 is 4.89 Å². The zero-order valence-corrected chi connectivity index (χ0v) is 20.6. The van der Waals surface area contributed by atoms with E-state index in [1.807, 2.05) is 30.3 Å². The average Bonchev–Trinajstić information content (AvgIpc) is 2.88. The molecule has 35 heavy (non-hydrogen) atoms. The van der Waals surface area contributed by atoms with E-state index in [0.717, 1.165) is 21.3 Å². The smallest absolute Gasteiger partial charge is 0.171 e. The van der Waals surface area contributed by atoms with Crippen LogP contribution in [0.1, 0.15) is 47.6 Å². The molecule has 168 valence electrons. The maximum atomic E-state index is 13.3. The van der Waals surface area contributed by atoms with E-state index < -0.39 is 7.76 Å². The molecule has 0 spiro atoms. The van der Waals surface area contributed by atoms with Gasteiger partial charge in [0.25, 0.3) is 0 Å². The van der Waals surface area contributed by atoms with Gasteiger partial charge in [0, 0.05) is 11.3 Å². The minimum absolute atomic E-state index is 0.0920. The molecule has 0 amide bonds. The average molecular weight is 470 g/mol. The molecule has 1 aromatic heterocycles. The highest BCUT2D eigenvalue weighted by atomic mass is 31.1. The maximum absolute atomic E-state index is 13.3. The van der Waals surface area contributed by atoms with Crippen LogP contribution >= 0.6 is 7.76 Å². The normalized spacial score (nSPS) is 16.9. The SMILES string of the molecule is CC1(C)c2ccccc2C(c2ccc3c(c2)nc2ccccc2[p+]3[O-])c2ccc3ccccc3c21. The second-order valence-corrected chi connectivity index (χ2v) is 11.6. The molecule has 6 aromatic rings. The Labute approximate surface area is 205 Å². The van der Waals surface area contributed by atoms with Crippen molar-refractivity contribution in [1.29, 1.82) is 0 Å². The zero-order valence-electron chi connectivity index (χ0n) is 19.7. The van der Waals surface area contributed by atoms with Gasteiger partial charge in [0.15, 0.2) is 10.2 Å². The standard InChI is InChI=1S/C32H24NOP/c1-32(2)25-12-6-5-11-23(25)30(24-17-15-20-9-3-4-10-22(20)31(24)32)21-16-18-29-27(19-21)33-26-13-7-8-14-28(26)35(29)34/h3-19,30H,1-2H3. The van der Waals surface area contributed by atoms with Crippen LogP contribution in [-0.2, 0) is 5.41 Å². The predicted molar refractivity (Wildman–Crippen MR) is 145 cm³/mol. The van der Waals surface area contributed by atoms with E-state index in [1.165, 1.54) is 38.6 Å². The minimum Gasteiger partial charge on any atom is -0.625 e. The fraction of sp³-hybridized carbons (Fsp3) is 0.125. The number of para-hydroxylation sites is 1. The van der Waals surface area contributed by atoms with Gasteiger partial charge in [0.1, 0.15) is 18.8 Å². The van der Waals surface area contributed by atoms with Gasteiger partial charge < -0.3 is 4.89 Å². The summed E-state index contributed by atoms with van der Waals surface area (Å²) in [5, 5.41) is 4.23. The molecule has 0 aliphatic heterocycles. The summed E-state index contributed by atoms with van der Waals surface area (Å²) < 4.78 is 0. The Hall–Kier alpha value is -3.58. The van der Waals surface area contributed by atoms with Gasteiger partial charge in [-0.3, -0.25) is 0 Å². The molecule has 0 saturated heterocycles. The van der Waals surface area contributed by atoms with Crippen molar-refractivity contribution in [3.05, 3.63) is 131 Å². The molecule has 1 aliphatic carbocycles. The number of fused-ring (bicyclic) bond motifs is 6. The van der Waals surface area contributed by atoms with Gasteiger partial charge in [-0.15, -0.1) is 0 Å². The van der Waals surface area contributed by atoms with E-state index in [1.54, 1.807) is 0 Å². The molecule has 2 unspecified atom stereocenters.